The molecule has 4 N–H and O–H groups in total. The lowest BCUT2D eigenvalue weighted by Gasteiger charge is -2.18. The van der Waals surface area contributed by atoms with E-state index >= 15 is 0 Å². The number of methoxy groups -OCH3 is 1. The smallest absolute Gasteiger partial charge is 0.324 e. The second-order valence-corrected chi connectivity index (χ2v) is 7.33. The van der Waals surface area contributed by atoms with Crippen LogP contribution in [0.5, 0.6) is 5.75 Å². The van der Waals surface area contributed by atoms with E-state index < -0.39 is 11.9 Å². The number of fused-ring (bicyclic) bond motifs is 1. The number of primary amides is 1. The highest BCUT2D eigenvalue weighted by molar-refractivity contribution is 7.17. The maximum Gasteiger partial charge on any atom is 0.324 e. The van der Waals surface area contributed by atoms with Crippen LogP contribution in [0.25, 0.3) is 0 Å². The molecule has 2 aromatic rings. The molecule has 1 aromatic heterocycles. The van der Waals surface area contributed by atoms with Gasteiger partial charge >= 0.3 is 6.03 Å². The zero-order chi connectivity index (χ0) is 18.0. The van der Waals surface area contributed by atoms with Crippen molar-refractivity contribution in [2.45, 2.75) is 26.2 Å². The normalized spacial score (nSPS) is 16.0. The Hall–Kier alpha value is -2.54. The summed E-state index contributed by atoms with van der Waals surface area (Å²) in [5.74, 6) is 0.793. The Morgan fingerprint density at radius 1 is 1.24 bits per heavy atom. The predicted molar refractivity (Wildman–Crippen MR) is 99.7 cm³/mol. The molecule has 7 heteroatoms. The first-order valence-corrected chi connectivity index (χ1v) is 8.96. The van der Waals surface area contributed by atoms with Gasteiger partial charge in [-0.1, -0.05) is 6.92 Å². The Labute approximate surface area is 150 Å². The van der Waals surface area contributed by atoms with E-state index in [0.717, 1.165) is 29.7 Å². The monoisotopic (exact) mass is 359 g/mol. The molecular weight excluding hydrogens is 338 g/mol. The Balaban J connectivity index is 1.77. The molecule has 1 aliphatic carbocycles. The van der Waals surface area contributed by atoms with Crippen LogP contribution >= 0.6 is 11.3 Å². The fourth-order valence-electron chi connectivity index (χ4n) is 3.04. The summed E-state index contributed by atoms with van der Waals surface area (Å²) < 4.78 is 5.09. The van der Waals surface area contributed by atoms with Gasteiger partial charge in [0.1, 0.15) is 10.8 Å². The van der Waals surface area contributed by atoms with E-state index in [0.29, 0.717) is 27.9 Å². The average Bonchev–Trinajstić information content (AvgIpc) is 2.92. The molecule has 6 nitrogen and oxygen atoms in total. The quantitative estimate of drug-likeness (QED) is 0.778. The average molecular weight is 359 g/mol. The highest BCUT2D eigenvalue weighted by Gasteiger charge is 2.27. The SMILES string of the molecule is COc1ccc(NC(=O)Nc2sc3c(c2C(N)=O)CCC(C)C3)cc1. The first kappa shape index (κ1) is 17.3. The van der Waals surface area contributed by atoms with Crippen LogP contribution in [0.1, 0.15) is 34.1 Å². The lowest BCUT2D eigenvalue weighted by atomic mass is 9.88. The van der Waals surface area contributed by atoms with Crippen LogP contribution in [0, 0.1) is 5.92 Å². The molecule has 3 rings (SSSR count). The first-order valence-electron chi connectivity index (χ1n) is 8.14. The largest absolute Gasteiger partial charge is 0.497 e. The summed E-state index contributed by atoms with van der Waals surface area (Å²) in [5, 5.41) is 6.05. The van der Waals surface area contributed by atoms with Crippen molar-refractivity contribution in [1.82, 2.24) is 0 Å². The van der Waals surface area contributed by atoms with Crippen LogP contribution < -0.4 is 21.1 Å². The summed E-state index contributed by atoms with van der Waals surface area (Å²) in [6, 6.07) is 6.60. The molecule has 1 aromatic carbocycles. The van der Waals surface area contributed by atoms with Crippen LogP contribution in [-0.4, -0.2) is 19.0 Å². The number of benzene rings is 1. The van der Waals surface area contributed by atoms with E-state index in [4.69, 9.17) is 10.5 Å². The summed E-state index contributed by atoms with van der Waals surface area (Å²) in [4.78, 5) is 25.3. The number of thiophene rings is 1. The number of anilines is 2. The van der Waals surface area contributed by atoms with E-state index in [9.17, 15) is 9.59 Å². The maximum absolute atomic E-state index is 12.3. The number of carbonyl (C=O) groups is 2. The van der Waals surface area contributed by atoms with Crippen molar-refractivity contribution in [1.29, 1.82) is 0 Å². The summed E-state index contributed by atoms with van der Waals surface area (Å²) in [7, 11) is 1.58. The topological polar surface area (TPSA) is 93.4 Å². The lowest BCUT2D eigenvalue weighted by Crippen LogP contribution is -2.22. The molecule has 132 valence electrons. The van der Waals surface area contributed by atoms with E-state index in [-0.39, 0.29) is 0 Å². The molecule has 25 heavy (non-hydrogen) atoms. The third kappa shape index (κ3) is 3.76. The number of urea groups is 1. The number of hydrogen-bond donors (Lipinski definition) is 3. The van der Waals surface area contributed by atoms with Gasteiger partial charge in [-0.05, 0) is 55.0 Å². The van der Waals surface area contributed by atoms with Crippen LogP contribution in [-0.2, 0) is 12.8 Å². The molecule has 0 bridgehead atoms. The fraction of sp³-hybridized carbons (Fsp3) is 0.333. The van der Waals surface area contributed by atoms with Gasteiger partial charge in [0.2, 0.25) is 0 Å². The zero-order valence-corrected chi connectivity index (χ0v) is 15.0. The van der Waals surface area contributed by atoms with E-state index in [1.54, 1.807) is 31.4 Å². The molecule has 0 spiro atoms. The first-order chi connectivity index (χ1) is 12.0. The minimum Gasteiger partial charge on any atom is -0.497 e. The molecule has 0 radical (unpaired) electrons. The zero-order valence-electron chi connectivity index (χ0n) is 14.2. The molecule has 1 heterocycles. The number of amides is 3. The van der Waals surface area contributed by atoms with Gasteiger partial charge in [-0.15, -0.1) is 11.3 Å². The summed E-state index contributed by atoms with van der Waals surface area (Å²) in [5.41, 5.74) is 7.64. The molecule has 1 unspecified atom stereocenters. The van der Waals surface area contributed by atoms with E-state index in [1.807, 2.05) is 0 Å². The molecule has 1 atom stereocenters. The summed E-state index contributed by atoms with van der Waals surface area (Å²) in [6.07, 6.45) is 2.77. The number of hydrogen-bond acceptors (Lipinski definition) is 4. The third-order valence-corrected chi connectivity index (χ3v) is 5.50. The van der Waals surface area contributed by atoms with Crippen molar-refractivity contribution in [2.24, 2.45) is 11.7 Å². The minimum atomic E-state index is -0.494. The van der Waals surface area contributed by atoms with Crippen molar-refractivity contribution in [3.05, 3.63) is 40.3 Å². The summed E-state index contributed by atoms with van der Waals surface area (Å²) in [6.45, 7) is 2.19. The fourth-order valence-corrected chi connectivity index (χ4v) is 4.45. The van der Waals surface area contributed by atoms with Crippen molar-refractivity contribution in [3.63, 3.8) is 0 Å². The molecular formula is C18H21N3O3S. The van der Waals surface area contributed by atoms with Gasteiger partial charge in [-0.3, -0.25) is 10.1 Å². The second-order valence-electron chi connectivity index (χ2n) is 6.23. The van der Waals surface area contributed by atoms with Crippen LogP contribution in [0.3, 0.4) is 0 Å². The second kappa shape index (κ2) is 7.14. The van der Waals surface area contributed by atoms with Gasteiger partial charge in [-0.2, -0.15) is 0 Å². The van der Waals surface area contributed by atoms with Crippen molar-refractivity contribution < 1.29 is 14.3 Å². The number of nitrogens with one attached hydrogen (secondary N) is 2. The van der Waals surface area contributed by atoms with E-state index in [1.165, 1.54) is 11.3 Å². The van der Waals surface area contributed by atoms with Crippen molar-refractivity contribution in [3.8, 4) is 5.75 Å². The van der Waals surface area contributed by atoms with E-state index in [2.05, 4.69) is 17.6 Å². The highest BCUT2D eigenvalue weighted by atomic mass is 32.1. The van der Waals surface area contributed by atoms with Crippen LogP contribution in [0.2, 0.25) is 0 Å². The standard InChI is InChI=1S/C18H21N3O3S/c1-10-3-8-13-14(9-10)25-17(15(13)16(19)22)21-18(23)20-11-4-6-12(24-2)7-5-11/h4-7,10H,3,8-9H2,1-2H3,(H2,19,22)(H2,20,21,23). The van der Waals surface area contributed by atoms with Gasteiger partial charge < -0.3 is 15.8 Å². The molecule has 3 amide bonds. The molecule has 0 fully saturated rings. The number of carbonyl (C=O) groups excluding carboxylic acids is 2. The molecule has 0 saturated heterocycles. The molecule has 0 saturated carbocycles. The Morgan fingerprint density at radius 2 is 1.96 bits per heavy atom. The number of nitrogens with two attached hydrogens (primary N) is 1. The van der Waals surface area contributed by atoms with Gasteiger partial charge in [0.15, 0.2) is 0 Å². The minimum absolute atomic E-state index is 0.403. The Kier molecular flexibility index (Phi) is 4.94. The Bertz CT molecular complexity index is 799. The van der Waals surface area contributed by atoms with Gasteiger partial charge in [0.25, 0.3) is 5.91 Å². The molecule has 1 aliphatic rings. The Morgan fingerprint density at radius 3 is 2.60 bits per heavy atom. The number of ether oxygens (including phenoxy) is 1. The molecule has 0 aliphatic heterocycles. The van der Waals surface area contributed by atoms with Crippen molar-refractivity contribution >= 4 is 34.0 Å². The van der Waals surface area contributed by atoms with Gasteiger partial charge in [0, 0.05) is 10.6 Å². The van der Waals surface area contributed by atoms with Crippen LogP contribution in [0.4, 0.5) is 15.5 Å². The maximum atomic E-state index is 12.3. The van der Waals surface area contributed by atoms with Gasteiger partial charge in [0.05, 0.1) is 12.7 Å². The van der Waals surface area contributed by atoms with Gasteiger partial charge in [-0.25, -0.2) is 4.79 Å². The third-order valence-electron chi connectivity index (χ3n) is 4.33. The van der Waals surface area contributed by atoms with Crippen LogP contribution in [0.15, 0.2) is 24.3 Å². The highest BCUT2D eigenvalue weighted by Crippen LogP contribution is 2.39. The number of rotatable bonds is 4. The van der Waals surface area contributed by atoms with Crippen molar-refractivity contribution in [2.75, 3.05) is 17.7 Å². The predicted octanol–water partition coefficient (Wildman–Crippen LogP) is 3.62. The summed E-state index contributed by atoms with van der Waals surface area (Å²) >= 11 is 1.45. The lowest BCUT2D eigenvalue weighted by molar-refractivity contribution is 0.100.